The predicted octanol–water partition coefficient (Wildman–Crippen LogP) is 1.71. The second kappa shape index (κ2) is 8.30. The van der Waals surface area contributed by atoms with Gasteiger partial charge in [-0.25, -0.2) is 0 Å². The van der Waals surface area contributed by atoms with Gasteiger partial charge in [-0.2, -0.15) is 0 Å². The summed E-state index contributed by atoms with van der Waals surface area (Å²) in [6.45, 7) is 5.01. The summed E-state index contributed by atoms with van der Waals surface area (Å²) in [6, 6.07) is 10.3. The zero-order chi connectivity index (χ0) is 17.9. The fourth-order valence-electron chi connectivity index (χ4n) is 4.67. The molecule has 4 atom stereocenters. The van der Waals surface area contributed by atoms with E-state index in [0.29, 0.717) is 17.6 Å². The van der Waals surface area contributed by atoms with E-state index in [0.717, 1.165) is 57.1 Å². The molecule has 3 fully saturated rings. The standard InChI is InChI=1S/C20H28N2O3S/c23-19-11-16-13-22(20(24)14-26-17-4-2-1-3-5-17)12-15(16)10-18(19)21-6-8-25-9-7-21/h1-5,15-16,18-19,23H,6-14H2/t15-,16+,18-,19-/m1/s1. The predicted molar refractivity (Wildman–Crippen MR) is 102 cm³/mol. The van der Waals surface area contributed by atoms with Crippen molar-refractivity contribution in [2.45, 2.75) is 29.9 Å². The summed E-state index contributed by atoms with van der Waals surface area (Å²) < 4.78 is 5.45. The van der Waals surface area contributed by atoms with Crippen molar-refractivity contribution in [2.75, 3.05) is 45.1 Å². The van der Waals surface area contributed by atoms with Crippen molar-refractivity contribution in [1.29, 1.82) is 0 Å². The van der Waals surface area contributed by atoms with Crippen molar-refractivity contribution in [1.82, 2.24) is 9.80 Å². The van der Waals surface area contributed by atoms with Crippen LogP contribution in [0.1, 0.15) is 12.8 Å². The van der Waals surface area contributed by atoms with E-state index in [1.165, 1.54) is 0 Å². The topological polar surface area (TPSA) is 53.0 Å². The van der Waals surface area contributed by atoms with Gasteiger partial charge >= 0.3 is 0 Å². The maximum absolute atomic E-state index is 12.6. The van der Waals surface area contributed by atoms with Gasteiger partial charge in [0.1, 0.15) is 0 Å². The highest BCUT2D eigenvalue weighted by Gasteiger charge is 2.44. The molecule has 1 saturated carbocycles. The number of morpholine rings is 1. The smallest absolute Gasteiger partial charge is 0.232 e. The van der Waals surface area contributed by atoms with Gasteiger partial charge < -0.3 is 14.7 Å². The molecule has 26 heavy (non-hydrogen) atoms. The Kier molecular flexibility index (Phi) is 5.84. The first kappa shape index (κ1) is 18.3. The maximum Gasteiger partial charge on any atom is 0.232 e. The summed E-state index contributed by atoms with van der Waals surface area (Å²) >= 11 is 1.61. The van der Waals surface area contributed by atoms with E-state index in [-0.39, 0.29) is 18.1 Å². The number of fused-ring (bicyclic) bond motifs is 1. The number of amides is 1. The van der Waals surface area contributed by atoms with E-state index in [2.05, 4.69) is 4.90 Å². The number of nitrogens with zero attached hydrogens (tertiary/aromatic N) is 2. The molecule has 1 N–H and O–H groups in total. The first-order valence-corrected chi connectivity index (χ1v) is 10.6. The van der Waals surface area contributed by atoms with Crippen LogP contribution in [0.15, 0.2) is 35.2 Å². The Morgan fingerprint density at radius 1 is 1.12 bits per heavy atom. The number of benzene rings is 1. The molecule has 3 aliphatic rings. The molecule has 1 amide bonds. The van der Waals surface area contributed by atoms with Gasteiger partial charge in [-0.1, -0.05) is 18.2 Å². The summed E-state index contributed by atoms with van der Waals surface area (Å²) in [7, 11) is 0. The summed E-state index contributed by atoms with van der Waals surface area (Å²) in [5.74, 6) is 1.70. The van der Waals surface area contributed by atoms with Crippen LogP contribution in [0.25, 0.3) is 0 Å². The minimum absolute atomic E-state index is 0.227. The highest BCUT2D eigenvalue weighted by Crippen LogP contribution is 2.38. The van der Waals surface area contributed by atoms with Crippen LogP contribution >= 0.6 is 11.8 Å². The summed E-state index contributed by atoms with van der Waals surface area (Å²) in [4.78, 5) is 18.2. The number of likely N-dealkylation sites (tertiary alicyclic amines) is 1. The highest BCUT2D eigenvalue weighted by atomic mass is 32.2. The second-order valence-electron chi connectivity index (χ2n) is 7.68. The summed E-state index contributed by atoms with van der Waals surface area (Å²) in [5.41, 5.74) is 0. The molecule has 0 unspecified atom stereocenters. The quantitative estimate of drug-likeness (QED) is 0.811. The van der Waals surface area contributed by atoms with E-state index in [1.54, 1.807) is 11.8 Å². The number of aliphatic hydroxyl groups excluding tert-OH is 1. The first-order chi connectivity index (χ1) is 12.7. The third-order valence-corrected chi connectivity index (χ3v) is 7.08. The van der Waals surface area contributed by atoms with Gasteiger partial charge in [0.15, 0.2) is 0 Å². The molecule has 6 heteroatoms. The monoisotopic (exact) mass is 376 g/mol. The molecule has 5 nitrogen and oxygen atoms in total. The number of ether oxygens (including phenoxy) is 1. The van der Waals surface area contributed by atoms with Gasteiger partial charge in [-0.15, -0.1) is 11.8 Å². The number of aliphatic hydroxyl groups is 1. The molecule has 0 radical (unpaired) electrons. The summed E-state index contributed by atoms with van der Waals surface area (Å²) in [6.07, 6.45) is 1.55. The van der Waals surface area contributed by atoms with Crippen LogP contribution in [0, 0.1) is 11.8 Å². The second-order valence-corrected chi connectivity index (χ2v) is 8.72. The van der Waals surface area contributed by atoms with Crippen molar-refractivity contribution in [3.05, 3.63) is 30.3 Å². The third-order valence-electron chi connectivity index (χ3n) is 6.08. The summed E-state index contributed by atoms with van der Waals surface area (Å²) in [5, 5.41) is 10.7. The number of rotatable bonds is 4. The lowest BCUT2D eigenvalue weighted by molar-refractivity contribution is -0.127. The maximum atomic E-state index is 12.6. The average molecular weight is 377 g/mol. The van der Waals surface area contributed by atoms with Gasteiger partial charge in [-0.3, -0.25) is 9.69 Å². The number of hydrogen-bond donors (Lipinski definition) is 1. The Morgan fingerprint density at radius 3 is 2.54 bits per heavy atom. The first-order valence-electron chi connectivity index (χ1n) is 9.66. The lowest BCUT2D eigenvalue weighted by atomic mass is 9.77. The van der Waals surface area contributed by atoms with Crippen molar-refractivity contribution in [3.63, 3.8) is 0 Å². The fourth-order valence-corrected chi connectivity index (χ4v) is 5.49. The lowest BCUT2D eigenvalue weighted by Gasteiger charge is -2.43. The SMILES string of the molecule is O=C(CSc1ccccc1)N1C[C@H]2C[C@@H](N3CCOCC3)[C@H](O)C[C@H]2C1. The minimum atomic E-state index is -0.275. The van der Waals surface area contributed by atoms with E-state index in [4.69, 9.17) is 4.74 Å². The Labute approximate surface area is 159 Å². The third kappa shape index (κ3) is 4.09. The Balaban J connectivity index is 1.31. The van der Waals surface area contributed by atoms with Crippen LogP contribution in [0.4, 0.5) is 0 Å². The molecule has 142 valence electrons. The van der Waals surface area contributed by atoms with E-state index in [9.17, 15) is 9.90 Å². The van der Waals surface area contributed by atoms with Crippen LogP contribution in [-0.4, -0.2) is 78.1 Å². The van der Waals surface area contributed by atoms with Crippen LogP contribution in [0.3, 0.4) is 0 Å². The molecule has 0 bridgehead atoms. The van der Waals surface area contributed by atoms with Gasteiger partial charge in [0.05, 0.1) is 25.1 Å². The molecular weight excluding hydrogens is 348 g/mol. The Bertz CT molecular complexity index is 608. The largest absolute Gasteiger partial charge is 0.391 e. The van der Waals surface area contributed by atoms with Gasteiger partial charge in [0.25, 0.3) is 0 Å². The van der Waals surface area contributed by atoms with E-state index in [1.807, 2.05) is 35.2 Å². The van der Waals surface area contributed by atoms with Crippen LogP contribution in [-0.2, 0) is 9.53 Å². The number of thioether (sulfide) groups is 1. The van der Waals surface area contributed by atoms with Gasteiger partial charge in [0.2, 0.25) is 5.91 Å². The molecule has 2 aliphatic heterocycles. The lowest BCUT2D eigenvalue weighted by Crippen LogP contribution is -2.53. The fraction of sp³-hybridized carbons (Fsp3) is 0.650. The normalized spacial score (nSPS) is 32.4. The number of carbonyl (C=O) groups excluding carboxylic acids is 1. The Hall–Kier alpha value is -1.08. The van der Waals surface area contributed by atoms with Crippen molar-refractivity contribution < 1.29 is 14.6 Å². The van der Waals surface area contributed by atoms with Crippen molar-refractivity contribution in [3.8, 4) is 0 Å². The molecule has 2 saturated heterocycles. The van der Waals surface area contributed by atoms with Gasteiger partial charge in [-0.05, 0) is 36.8 Å². The molecule has 0 spiro atoms. The molecule has 0 aromatic heterocycles. The molecule has 1 aromatic rings. The van der Waals surface area contributed by atoms with E-state index >= 15 is 0 Å². The minimum Gasteiger partial charge on any atom is -0.391 e. The molecule has 1 aliphatic carbocycles. The van der Waals surface area contributed by atoms with Gasteiger partial charge in [0, 0.05) is 37.1 Å². The van der Waals surface area contributed by atoms with Crippen molar-refractivity contribution >= 4 is 17.7 Å². The van der Waals surface area contributed by atoms with Crippen LogP contribution in [0.2, 0.25) is 0 Å². The molecule has 2 heterocycles. The number of carbonyl (C=O) groups is 1. The van der Waals surface area contributed by atoms with E-state index < -0.39 is 0 Å². The number of hydrogen-bond acceptors (Lipinski definition) is 5. The zero-order valence-electron chi connectivity index (χ0n) is 15.1. The highest BCUT2D eigenvalue weighted by molar-refractivity contribution is 8.00. The Morgan fingerprint density at radius 2 is 1.81 bits per heavy atom. The molecule has 4 rings (SSSR count). The molecular formula is C20H28N2O3S. The average Bonchev–Trinajstić information content (AvgIpc) is 3.10. The van der Waals surface area contributed by atoms with Crippen LogP contribution in [0.5, 0.6) is 0 Å². The molecule has 1 aromatic carbocycles. The van der Waals surface area contributed by atoms with Crippen LogP contribution < -0.4 is 0 Å². The van der Waals surface area contributed by atoms with Crippen molar-refractivity contribution in [2.24, 2.45) is 11.8 Å². The zero-order valence-corrected chi connectivity index (χ0v) is 15.9.